The SMILES string of the molecule is CC(C)C[C@H](O)Nc1nc(Nc2cccc(-c3ncccn3)c2)c2ncn(C(C)C)c2n1. The number of imidazole rings is 1. The van der Waals surface area contributed by atoms with Crippen molar-refractivity contribution in [3.63, 3.8) is 0 Å². The smallest absolute Gasteiger partial charge is 0.228 e. The monoisotopic (exact) mass is 432 g/mol. The molecule has 0 aliphatic heterocycles. The Labute approximate surface area is 187 Å². The minimum atomic E-state index is -0.741. The summed E-state index contributed by atoms with van der Waals surface area (Å²) >= 11 is 0. The molecule has 9 heteroatoms. The zero-order valence-electron chi connectivity index (χ0n) is 18.7. The van der Waals surface area contributed by atoms with Crippen LogP contribution >= 0.6 is 0 Å². The molecule has 0 bridgehead atoms. The van der Waals surface area contributed by atoms with Crippen LogP contribution in [0.3, 0.4) is 0 Å². The molecule has 3 N–H and O–H groups in total. The molecule has 1 atom stereocenters. The first-order valence-corrected chi connectivity index (χ1v) is 10.7. The zero-order chi connectivity index (χ0) is 22.7. The molecule has 166 valence electrons. The summed E-state index contributed by atoms with van der Waals surface area (Å²) in [6.45, 7) is 8.25. The maximum Gasteiger partial charge on any atom is 0.228 e. The number of nitrogens with one attached hydrogen (secondary N) is 2. The van der Waals surface area contributed by atoms with E-state index in [-0.39, 0.29) is 6.04 Å². The van der Waals surface area contributed by atoms with E-state index in [1.165, 1.54) is 0 Å². The zero-order valence-corrected chi connectivity index (χ0v) is 18.7. The number of hydrogen-bond acceptors (Lipinski definition) is 8. The Kier molecular flexibility index (Phi) is 6.27. The molecule has 0 radical (unpaired) electrons. The van der Waals surface area contributed by atoms with Crippen LogP contribution in [0.5, 0.6) is 0 Å². The van der Waals surface area contributed by atoms with Gasteiger partial charge in [-0.1, -0.05) is 26.0 Å². The van der Waals surface area contributed by atoms with E-state index in [0.717, 1.165) is 11.3 Å². The van der Waals surface area contributed by atoms with E-state index in [0.29, 0.717) is 41.1 Å². The standard InChI is InChI=1S/C23H28N8O/c1-14(2)11-18(32)28-23-29-21(19-22(30-23)31(13-26-19)15(3)4)27-17-8-5-7-16(12-17)20-24-9-6-10-25-20/h5-10,12-15,18,32H,11H2,1-4H3,(H2,27,28,29,30)/t18-/m0/s1. The molecular formula is C23H28N8O. The van der Waals surface area contributed by atoms with E-state index in [1.807, 2.05) is 28.8 Å². The molecule has 32 heavy (non-hydrogen) atoms. The molecule has 3 aromatic heterocycles. The van der Waals surface area contributed by atoms with Gasteiger partial charge in [-0.15, -0.1) is 0 Å². The summed E-state index contributed by atoms with van der Waals surface area (Å²) in [6.07, 6.45) is 5.05. The molecule has 0 saturated heterocycles. The van der Waals surface area contributed by atoms with Gasteiger partial charge in [0.2, 0.25) is 5.95 Å². The summed E-state index contributed by atoms with van der Waals surface area (Å²) in [4.78, 5) is 22.4. The molecule has 0 fully saturated rings. The summed E-state index contributed by atoms with van der Waals surface area (Å²) in [5.41, 5.74) is 3.06. The first-order valence-electron chi connectivity index (χ1n) is 10.7. The van der Waals surface area contributed by atoms with Crippen LogP contribution in [0.15, 0.2) is 49.1 Å². The average molecular weight is 433 g/mol. The average Bonchev–Trinajstić information content (AvgIpc) is 3.18. The lowest BCUT2D eigenvalue weighted by Gasteiger charge is -2.16. The summed E-state index contributed by atoms with van der Waals surface area (Å²) in [5, 5.41) is 16.7. The number of benzene rings is 1. The van der Waals surface area contributed by atoms with E-state index in [9.17, 15) is 5.11 Å². The van der Waals surface area contributed by atoms with E-state index in [2.05, 4.69) is 63.2 Å². The predicted octanol–water partition coefficient (Wildman–Crippen LogP) is 4.38. The first kappa shape index (κ1) is 21.6. The quantitative estimate of drug-likeness (QED) is 0.351. The fourth-order valence-electron chi connectivity index (χ4n) is 3.42. The second-order valence-corrected chi connectivity index (χ2v) is 8.38. The van der Waals surface area contributed by atoms with Gasteiger partial charge in [0, 0.05) is 29.7 Å². The molecule has 0 amide bonds. The molecule has 0 spiro atoms. The molecule has 9 nitrogen and oxygen atoms in total. The Bertz CT molecular complexity index is 1190. The van der Waals surface area contributed by atoms with Gasteiger partial charge in [-0.25, -0.2) is 15.0 Å². The number of aliphatic hydroxyl groups excluding tert-OH is 1. The van der Waals surface area contributed by atoms with Crippen LogP contribution in [0, 0.1) is 5.92 Å². The van der Waals surface area contributed by atoms with Gasteiger partial charge in [0.05, 0.1) is 6.33 Å². The predicted molar refractivity (Wildman–Crippen MR) is 126 cm³/mol. The molecule has 0 aliphatic rings. The number of rotatable bonds is 8. The lowest BCUT2D eigenvalue weighted by Crippen LogP contribution is -2.22. The van der Waals surface area contributed by atoms with Gasteiger partial charge in [-0.3, -0.25) is 0 Å². The third kappa shape index (κ3) is 4.83. The van der Waals surface area contributed by atoms with Gasteiger partial charge >= 0.3 is 0 Å². The maximum atomic E-state index is 10.4. The Hall–Kier alpha value is -3.59. The Balaban J connectivity index is 1.71. The largest absolute Gasteiger partial charge is 0.374 e. The van der Waals surface area contributed by atoms with Gasteiger partial charge in [-0.05, 0) is 44.4 Å². The summed E-state index contributed by atoms with van der Waals surface area (Å²) in [6, 6.07) is 9.76. The molecule has 0 aliphatic carbocycles. The van der Waals surface area contributed by atoms with Crippen LogP contribution in [0.2, 0.25) is 0 Å². The summed E-state index contributed by atoms with van der Waals surface area (Å²) < 4.78 is 1.98. The second kappa shape index (κ2) is 9.27. The maximum absolute atomic E-state index is 10.4. The van der Waals surface area contributed by atoms with Crippen molar-refractivity contribution in [3.8, 4) is 11.4 Å². The second-order valence-electron chi connectivity index (χ2n) is 8.38. The highest BCUT2D eigenvalue weighted by molar-refractivity contribution is 5.87. The lowest BCUT2D eigenvalue weighted by atomic mass is 10.1. The van der Waals surface area contributed by atoms with E-state index in [1.54, 1.807) is 24.8 Å². The van der Waals surface area contributed by atoms with Crippen molar-refractivity contribution in [1.82, 2.24) is 29.5 Å². The first-order chi connectivity index (χ1) is 15.4. The Morgan fingerprint density at radius 3 is 2.50 bits per heavy atom. The minimum Gasteiger partial charge on any atom is -0.374 e. The number of nitrogens with zero attached hydrogens (tertiary/aromatic N) is 6. The topological polar surface area (TPSA) is 114 Å². The number of aromatic nitrogens is 6. The van der Waals surface area contributed by atoms with Crippen LogP contribution in [-0.4, -0.2) is 40.8 Å². The summed E-state index contributed by atoms with van der Waals surface area (Å²) in [5.74, 6) is 1.88. The van der Waals surface area contributed by atoms with Gasteiger partial charge < -0.3 is 20.3 Å². The van der Waals surface area contributed by atoms with E-state index in [4.69, 9.17) is 0 Å². The van der Waals surface area contributed by atoms with Crippen molar-refractivity contribution in [3.05, 3.63) is 49.1 Å². The summed E-state index contributed by atoms with van der Waals surface area (Å²) in [7, 11) is 0. The van der Waals surface area contributed by atoms with Crippen LogP contribution in [0.1, 0.15) is 40.2 Å². The fourth-order valence-corrected chi connectivity index (χ4v) is 3.42. The van der Waals surface area contributed by atoms with Crippen LogP contribution in [-0.2, 0) is 0 Å². The van der Waals surface area contributed by atoms with Gasteiger partial charge in [0.1, 0.15) is 6.23 Å². The Morgan fingerprint density at radius 1 is 1.00 bits per heavy atom. The highest BCUT2D eigenvalue weighted by atomic mass is 16.3. The van der Waals surface area contributed by atoms with Crippen molar-refractivity contribution < 1.29 is 5.11 Å². The number of aliphatic hydroxyl groups is 1. The molecule has 4 rings (SSSR count). The van der Waals surface area contributed by atoms with Crippen molar-refractivity contribution in [2.75, 3.05) is 10.6 Å². The molecule has 0 unspecified atom stereocenters. The fraction of sp³-hybridized carbons (Fsp3) is 0.348. The van der Waals surface area contributed by atoms with Crippen molar-refractivity contribution in [2.24, 2.45) is 5.92 Å². The molecule has 0 saturated carbocycles. The molecule has 3 heterocycles. The third-order valence-corrected chi connectivity index (χ3v) is 4.92. The molecular weight excluding hydrogens is 404 g/mol. The Morgan fingerprint density at radius 2 is 1.78 bits per heavy atom. The molecule has 1 aromatic carbocycles. The minimum absolute atomic E-state index is 0.176. The van der Waals surface area contributed by atoms with Crippen LogP contribution in [0.4, 0.5) is 17.5 Å². The number of anilines is 3. The van der Waals surface area contributed by atoms with E-state index < -0.39 is 6.23 Å². The number of hydrogen-bond donors (Lipinski definition) is 3. The third-order valence-electron chi connectivity index (χ3n) is 4.92. The van der Waals surface area contributed by atoms with Crippen LogP contribution in [0.25, 0.3) is 22.6 Å². The van der Waals surface area contributed by atoms with Crippen LogP contribution < -0.4 is 10.6 Å². The van der Waals surface area contributed by atoms with Gasteiger partial charge in [0.25, 0.3) is 0 Å². The highest BCUT2D eigenvalue weighted by Gasteiger charge is 2.17. The molecule has 4 aromatic rings. The highest BCUT2D eigenvalue weighted by Crippen LogP contribution is 2.28. The van der Waals surface area contributed by atoms with Crippen molar-refractivity contribution in [2.45, 2.75) is 46.4 Å². The van der Waals surface area contributed by atoms with Gasteiger partial charge in [0.15, 0.2) is 22.8 Å². The normalized spacial score (nSPS) is 12.5. The van der Waals surface area contributed by atoms with Crippen molar-refractivity contribution >= 4 is 28.6 Å². The van der Waals surface area contributed by atoms with E-state index >= 15 is 0 Å². The lowest BCUT2D eigenvalue weighted by molar-refractivity contribution is 0.175. The number of fused-ring (bicyclic) bond motifs is 1. The van der Waals surface area contributed by atoms with Gasteiger partial charge in [-0.2, -0.15) is 9.97 Å². The van der Waals surface area contributed by atoms with Crippen molar-refractivity contribution in [1.29, 1.82) is 0 Å².